The highest BCUT2D eigenvalue weighted by molar-refractivity contribution is 6.34. The van der Waals surface area contributed by atoms with Crippen LogP contribution in [0.1, 0.15) is 48.9 Å². The Balaban J connectivity index is 0.00000196. The molecule has 2 amide bonds. The van der Waals surface area contributed by atoms with Crippen LogP contribution < -0.4 is 16.0 Å². The van der Waals surface area contributed by atoms with Crippen molar-refractivity contribution in [3.05, 3.63) is 28.8 Å². The van der Waals surface area contributed by atoms with Gasteiger partial charge in [0.1, 0.15) is 0 Å². The molecule has 2 atom stereocenters. The van der Waals surface area contributed by atoms with Crippen LogP contribution >= 0.6 is 24.0 Å². The Labute approximate surface area is 165 Å². The molecule has 0 aromatic heterocycles. The van der Waals surface area contributed by atoms with E-state index in [0.29, 0.717) is 22.2 Å². The molecule has 2 saturated carbocycles. The lowest BCUT2D eigenvalue weighted by Gasteiger charge is -2.37. The van der Waals surface area contributed by atoms with Crippen LogP contribution in [-0.2, 0) is 4.79 Å². The highest BCUT2D eigenvalue weighted by Gasteiger charge is 2.49. The number of fused-ring (bicyclic) bond motifs is 1. The van der Waals surface area contributed by atoms with Gasteiger partial charge in [0, 0.05) is 18.3 Å². The number of hydrogen-bond donors (Lipinski definition) is 3. The van der Waals surface area contributed by atoms with Crippen LogP contribution in [0.5, 0.6) is 0 Å². The summed E-state index contributed by atoms with van der Waals surface area (Å²) in [6, 6.07) is 5.41. The monoisotopic (exact) mass is 397 g/mol. The summed E-state index contributed by atoms with van der Waals surface area (Å²) in [6.45, 7) is 1.66. The molecule has 5 nitrogen and oxygen atoms in total. The molecule has 3 fully saturated rings. The Morgan fingerprint density at radius 2 is 2.00 bits per heavy atom. The van der Waals surface area contributed by atoms with Gasteiger partial charge in [-0.3, -0.25) is 9.59 Å². The molecule has 1 aliphatic heterocycles. The van der Waals surface area contributed by atoms with Crippen LogP contribution in [0.15, 0.2) is 18.2 Å². The Hall–Kier alpha value is -1.30. The Morgan fingerprint density at radius 3 is 2.77 bits per heavy atom. The van der Waals surface area contributed by atoms with Crippen molar-refractivity contribution in [2.24, 2.45) is 11.3 Å². The molecule has 1 heterocycles. The summed E-state index contributed by atoms with van der Waals surface area (Å²) >= 11 is 6.18. The lowest BCUT2D eigenvalue weighted by Crippen LogP contribution is -2.44. The predicted octanol–water partition coefficient (Wildman–Crippen LogP) is 3.37. The van der Waals surface area contributed by atoms with Crippen LogP contribution in [0.2, 0.25) is 5.02 Å². The summed E-state index contributed by atoms with van der Waals surface area (Å²) in [4.78, 5) is 25.4. The molecule has 1 aromatic carbocycles. The van der Waals surface area contributed by atoms with Crippen LogP contribution in [0, 0.1) is 11.3 Å². The topological polar surface area (TPSA) is 70.2 Å². The number of halogens is 2. The predicted molar refractivity (Wildman–Crippen MR) is 105 cm³/mol. The summed E-state index contributed by atoms with van der Waals surface area (Å²) in [5, 5.41) is 9.79. The minimum absolute atomic E-state index is 0. The zero-order valence-electron chi connectivity index (χ0n) is 14.6. The number of carbonyl (C=O) groups excluding carboxylic acids is 2. The van der Waals surface area contributed by atoms with Gasteiger partial charge >= 0.3 is 0 Å². The first-order chi connectivity index (χ1) is 12.1. The fourth-order valence-electron chi connectivity index (χ4n) is 4.21. The Bertz CT molecular complexity index is 708. The van der Waals surface area contributed by atoms with E-state index in [4.69, 9.17) is 11.6 Å². The average molecular weight is 398 g/mol. The Kier molecular flexibility index (Phi) is 5.80. The second-order valence-corrected chi connectivity index (χ2v) is 8.03. The van der Waals surface area contributed by atoms with Crippen LogP contribution in [0.4, 0.5) is 5.69 Å². The van der Waals surface area contributed by atoms with Gasteiger partial charge in [0.05, 0.1) is 16.0 Å². The van der Waals surface area contributed by atoms with Crippen LogP contribution in [0.3, 0.4) is 0 Å². The average Bonchev–Trinajstić information content (AvgIpc) is 3.30. The third-order valence-corrected chi connectivity index (χ3v) is 6.20. The Morgan fingerprint density at radius 1 is 1.19 bits per heavy atom. The number of hydrogen-bond acceptors (Lipinski definition) is 3. The summed E-state index contributed by atoms with van der Waals surface area (Å²) in [7, 11) is 0. The first-order valence-electron chi connectivity index (χ1n) is 9.21. The molecule has 0 bridgehead atoms. The number of carbonyl (C=O) groups is 2. The molecule has 3 N–H and O–H groups in total. The molecule has 26 heavy (non-hydrogen) atoms. The largest absolute Gasteiger partial charge is 0.349 e. The van der Waals surface area contributed by atoms with Crippen molar-refractivity contribution >= 4 is 41.5 Å². The zero-order chi connectivity index (χ0) is 17.4. The van der Waals surface area contributed by atoms with E-state index in [9.17, 15) is 9.59 Å². The van der Waals surface area contributed by atoms with Crippen molar-refractivity contribution in [1.82, 2.24) is 10.6 Å². The van der Waals surface area contributed by atoms with Crippen molar-refractivity contribution < 1.29 is 9.59 Å². The second-order valence-electron chi connectivity index (χ2n) is 7.63. The standard InChI is InChI=1S/C19H24ClN3O2.ClH/c20-16-7-6-14(9-15(16)17(24)22-13-4-5-13)23-18(25)19-8-2-1-3-12(19)10-21-11-19;/h6-7,9,12-13,21H,1-5,8,10-11H2,(H,22,24)(H,23,25);1H/t12-,19+;/m0./s1. The highest BCUT2D eigenvalue weighted by Crippen LogP contribution is 2.44. The number of rotatable bonds is 4. The molecule has 0 unspecified atom stereocenters. The van der Waals surface area contributed by atoms with Gasteiger partial charge in [0.15, 0.2) is 0 Å². The summed E-state index contributed by atoms with van der Waals surface area (Å²) in [5.74, 6) is 0.309. The van der Waals surface area contributed by atoms with E-state index >= 15 is 0 Å². The van der Waals surface area contributed by atoms with Crippen molar-refractivity contribution in [3.8, 4) is 0 Å². The molecule has 4 rings (SSSR count). The maximum absolute atomic E-state index is 13.0. The van der Waals surface area contributed by atoms with Crippen molar-refractivity contribution in [3.63, 3.8) is 0 Å². The lowest BCUT2D eigenvalue weighted by molar-refractivity contribution is -0.128. The second kappa shape index (κ2) is 7.75. The van der Waals surface area contributed by atoms with Crippen molar-refractivity contribution in [1.29, 1.82) is 0 Å². The van der Waals surface area contributed by atoms with Gasteiger partial charge in [0.2, 0.25) is 5.91 Å². The first kappa shape index (κ1) is 19.5. The smallest absolute Gasteiger partial charge is 0.253 e. The van der Waals surface area contributed by atoms with Gasteiger partial charge in [-0.2, -0.15) is 0 Å². The van der Waals surface area contributed by atoms with Crippen molar-refractivity contribution in [2.45, 2.75) is 44.6 Å². The quantitative estimate of drug-likeness (QED) is 0.729. The highest BCUT2D eigenvalue weighted by atomic mass is 35.5. The normalized spacial score (nSPS) is 27.2. The number of benzene rings is 1. The zero-order valence-corrected chi connectivity index (χ0v) is 16.2. The molecule has 2 aliphatic carbocycles. The molecule has 0 radical (unpaired) electrons. The van der Waals surface area contributed by atoms with Gasteiger partial charge in [-0.25, -0.2) is 0 Å². The van der Waals surface area contributed by atoms with Gasteiger partial charge in [-0.1, -0.05) is 24.4 Å². The van der Waals surface area contributed by atoms with Gasteiger partial charge in [0.25, 0.3) is 5.91 Å². The van der Waals surface area contributed by atoms with E-state index in [1.807, 2.05) is 0 Å². The molecule has 0 spiro atoms. The SMILES string of the molecule is Cl.O=C(NC1CC1)c1cc(NC(=O)[C@@]23CCCC[C@H]2CNC3)ccc1Cl. The molecule has 1 saturated heterocycles. The lowest BCUT2D eigenvalue weighted by atomic mass is 9.67. The van der Waals surface area contributed by atoms with E-state index in [2.05, 4.69) is 16.0 Å². The molecular weight excluding hydrogens is 373 g/mol. The first-order valence-corrected chi connectivity index (χ1v) is 9.59. The van der Waals surface area contributed by atoms with E-state index in [-0.39, 0.29) is 35.7 Å². The molecule has 1 aromatic rings. The van der Waals surface area contributed by atoms with E-state index in [0.717, 1.165) is 45.2 Å². The molecular formula is C19H25Cl2N3O2. The number of anilines is 1. The van der Waals surface area contributed by atoms with Gasteiger partial charge in [-0.05, 0) is 56.3 Å². The van der Waals surface area contributed by atoms with Crippen molar-refractivity contribution in [2.75, 3.05) is 18.4 Å². The molecule has 7 heteroatoms. The number of amides is 2. The minimum atomic E-state index is -0.311. The third kappa shape index (κ3) is 3.71. The fraction of sp³-hybridized carbons (Fsp3) is 0.579. The summed E-state index contributed by atoms with van der Waals surface area (Å²) in [5.41, 5.74) is 0.753. The van der Waals surface area contributed by atoms with E-state index < -0.39 is 0 Å². The van der Waals surface area contributed by atoms with Crippen LogP contribution in [0.25, 0.3) is 0 Å². The maximum atomic E-state index is 13.0. The fourth-order valence-corrected chi connectivity index (χ4v) is 4.42. The van der Waals surface area contributed by atoms with Gasteiger partial charge < -0.3 is 16.0 Å². The minimum Gasteiger partial charge on any atom is -0.349 e. The van der Waals surface area contributed by atoms with E-state index in [1.165, 1.54) is 6.42 Å². The molecule has 142 valence electrons. The third-order valence-electron chi connectivity index (χ3n) is 5.87. The van der Waals surface area contributed by atoms with E-state index in [1.54, 1.807) is 18.2 Å². The van der Waals surface area contributed by atoms with Gasteiger partial charge in [-0.15, -0.1) is 12.4 Å². The maximum Gasteiger partial charge on any atom is 0.253 e. The summed E-state index contributed by atoms with van der Waals surface area (Å²) < 4.78 is 0. The van der Waals surface area contributed by atoms with Crippen LogP contribution in [-0.4, -0.2) is 30.9 Å². The molecule has 3 aliphatic rings. The summed E-state index contributed by atoms with van der Waals surface area (Å²) in [6.07, 6.45) is 6.39. The number of nitrogens with one attached hydrogen (secondary N) is 3.